The second kappa shape index (κ2) is 8.63. The number of anilines is 2. The Hall–Kier alpha value is -1.43. The van der Waals surface area contributed by atoms with Crippen LogP contribution in [0.4, 0.5) is 11.8 Å². The summed E-state index contributed by atoms with van der Waals surface area (Å²) in [5.74, 6) is 1.52. The van der Waals surface area contributed by atoms with Crippen LogP contribution in [-0.4, -0.2) is 60.4 Å². The van der Waals surface area contributed by atoms with Crippen LogP contribution in [0.3, 0.4) is 0 Å². The van der Waals surface area contributed by atoms with Crippen molar-refractivity contribution in [3.8, 4) is 0 Å². The zero-order valence-electron chi connectivity index (χ0n) is 12.6. The third-order valence-electron chi connectivity index (χ3n) is 2.68. The fourth-order valence-corrected chi connectivity index (χ4v) is 1.77. The molecule has 0 unspecified atom stereocenters. The fraction of sp³-hybridized carbons (Fsp3) is 0.769. The molecule has 6 nitrogen and oxygen atoms in total. The van der Waals surface area contributed by atoms with Gasteiger partial charge in [0.05, 0.1) is 6.20 Å². The van der Waals surface area contributed by atoms with Gasteiger partial charge in [-0.1, -0.05) is 13.8 Å². The Balaban J connectivity index is 2.63. The molecule has 0 bridgehead atoms. The molecule has 1 aromatic rings. The molecule has 6 heteroatoms. The van der Waals surface area contributed by atoms with Gasteiger partial charge in [0.25, 0.3) is 0 Å². The summed E-state index contributed by atoms with van der Waals surface area (Å²) in [5, 5.41) is 11.4. The first-order chi connectivity index (χ1) is 9.17. The van der Waals surface area contributed by atoms with Crippen molar-refractivity contribution in [2.75, 3.05) is 50.5 Å². The van der Waals surface area contributed by atoms with Crippen molar-refractivity contribution in [1.82, 2.24) is 20.1 Å². The van der Waals surface area contributed by atoms with Crippen molar-refractivity contribution >= 4 is 11.8 Å². The Morgan fingerprint density at radius 1 is 1.11 bits per heavy atom. The first-order valence-corrected chi connectivity index (χ1v) is 7.00. The summed E-state index contributed by atoms with van der Waals surface area (Å²) in [4.78, 5) is 8.84. The standard InChI is InChI=1S/C13H26N6/c1-5-8-19(9-6-2)13-16-12(11-15-17-13)14-7-10-18(3)4/h11H,5-10H2,1-4H3,(H,14,16,17). The summed E-state index contributed by atoms with van der Waals surface area (Å²) in [7, 11) is 4.10. The molecular formula is C13H26N6. The summed E-state index contributed by atoms with van der Waals surface area (Å²) in [5.41, 5.74) is 0. The van der Waals surface area contributed by atoms with Gasteiger partial charge in [-0.15, -0.1) is 5.10 Å². The van der Waals surface area contributed by atoms with Gasteiger partial charge in [0.2, 0.25) is 5.95 Å². The quantitative estimate of drug-likeness (QED) is 0.730. The van der Waals surface area contributed by atoms with Crippen LogP contribution in [-0.2, 0) is 0 Å². The van der Waals surface area contributed by atoms with Crippen molar-refractivity contribution in [3.05, 3.63) is 6.20 Å². The highest BCUT2D eigenvalue weighted by molar-refractivity contribution is 5.38. The average molecular weight is 266 g/mol. The van der Waals surface area contributed by atoms with Gasteiger partial charge in [-0.25, -0.2) is 0 Å². The van der Waals surface area contributed by atoms with Crippen molar-refractivity contribution < 1.29 is 0 Å². The predicted molar refractivity (Wildman–Crippen MR) is 79.7 cm³/mol. The molecule has 19 heavy (non-hydrogen) atoms. The molecular weight excluding hydrogens is 240 g/mol. The third-order valence-corrected chi connectivity index (χ3v) is 2.68. The summed E-state index contributed by atoms with van der Waals surface area (Å²) in [6.45, 7) is 8.08. The van der Waals surface area contributed by atoms with Crippen molar-refractivity contribution in [3.63, 3.8) is 0 Å². The molecule has 0 aliphatic carbocycles. The lowest BCUT2D eigenvalue weighted by atomic mass is 10.4. The maximum absolute atomic E-state index is 4.53. The molecule has 0 saturated heterocycles. The van der Waals surface area contributed by atoms with Crippen LogP contribution in [0.25, 0.3) is 0 Å². The lowest BCUT2D eigenvalue weighted by Gasteiger charge is -2.21. The summed E-state index contributed by atoms with van der Waals surface area (Å²) in [6, 6.07) is 0. The van der Waals surface area contributed by atoms with Crippen molar-refractivity contribution in [2.24, 2.45) is 0 Å². The minimum atomic E-state index is 0.721. The maximum atomic E-state index is 4.53. The number of hydrogen-bond donors (Lipinski definition) is 1. The Kier molecular flexibility index (Phi) is 7.10. The molecule has 0 amide bonds. The molecule has 1 heterocycles. The fourth-order valence-electron chi connectivity index (χ4n) is 1.77. The molecule has 1 N–H and O–H groups in total. The van der Waals surface area contributed by atoms with Crippen LogP contribution in [0.5, 0.6) is 0 Å². The largest absolute Gasteiger partial charge is 0.367 e. The first kappa shape index (κ1) is 15.6. The van der Waals surface area contributed by atoms with E-state index < -0.39 is 0 Å². The number of likely N-dealkylation sites (N-methyl/N-ethyl adjacent to an activating group) is 1. The van der Waals surface area contributed by atoms with Gasteiger partial charge in [0.15, 0.2) is 5.82 Å². The maximum Gasteiger partial charge on any atom is 0.247 e. The molecule has 0 atom stereocenters. The lowest BCUT2D eigenvalue weighted by molar-refractivity contribution is 0.425. The van der Waals surface area contributed by atoms with E-state index in [1.165, 1.54) is 0 Å². The number of hydrogen-bond acceptors (Lipinski definition) is 6. The minimum absolute atomic E-state index is 0.721. The Labute approximate surface area is 116 Å². The summed E-state index contributed by atoms with van der Waals surface area (Å²) < 4.78 is 0. The number of rotatable bonds is 9. The molecule has 0 radical (unpaired) electrons. The monoisotopic (exact) mass is 266 g/mol. The van der Waals surface area contributed by atoms with E-state index in [2.05, 4.69) is 58.2 Å². The van der Waals surface area contributed by atoms with E-state index in [0.29, 0.717) is 0 Å². The van der Waals surface area contributed by atoms with Gasteiger partial charge in [0, 0.05) is 26.2 Å². The molecule has 0 aromatic carbocycles. The van der Waals surface area contributed by atoms with Crippen LogP contribution >= 0.6 is 0 Å². The number of nitrogens with one attached hydrogen (secondary N) is 1. The van der Waals surface area contributed by atoms with E-state index in [1.807, 2.05) is 0 Å². The molecule has 0 fully saturated rings. The molecule has 1 rings (SSSR count). The van der Waals surface area contributed by atoms with Gasteiger partial charge in [-0.05, 0) is 26.9 Å². The van der Waals surface area contributed by atoms with Gasteiger partial charge in [-0.3, -0.25) is 0 Å². The number of nitrogens with zero attached hydrogens (tertiary/aromatic N) is 5. The average Bonchev–Trinajstić information content (AvgIpc) is 2.38. The molecule has 1 aromatic heterocycles. The molecule has 0 spiro atoms. The molecule has 108 valence electrons. The highest BCUT2D eigenvalue weighted by Crippen LogP contribution is 2.10. The molecule has 0 aliphatic heterocycles. The van der Waals surface area contributed by atoms with Crippen LogP contribution in [0.15, 0.2) is 6.20 Å². The Bertz CT molecular complexity index is 349. The SMILES string of the molecule is CCCN(CCC)c1nncc(NCCN(C)C)n1. The smallest absolute Gasteiger partial charge is 0.247 e. The highest BCUT2D eigenvalue weighted by Gasteiger charge is 2.09. The van der Waals surface area contributed by atoms with E-state index in [4.69, 9.17) is 0 Å². The summed E-state index contributed by atoms with van der Waals surface area (Å²) >= 11 is 0. The van der Waals surface area contributed by atoms with E-state index in [9.17, 15) is 0 Å². The van der Waals surface area contributed by atoms with E-state index in [-0.39, 0.29) is 0 Å². The van der Waals surface area contributed by atoms with Gasteiger partial charge >= 0.3 is 0 Å². The van der Waals surface area contributed by atoms with E-state index in [0.717, 1.165) is 50.8 Å². The van der Waals surface area contributed by atoms with Crippen LogP contribution in [0, 0.1) is 0 Å². The van der Waals surface area contributed by atoms with E-state index >= 15 is 0 Å². The highest BCUT2D eigenvalue weighted by atomic mass is 15.3. The first-order valence-electron chi connectivity index (χ1n) is 7.00. The predicted octanol–water partition coefficient (Wildman–Crippen LogP) is 1.47. The minimum Gasteiger partial charge on any atom is -0.367 e. The van der Waals surface area contributed by atoms with Crippen molar-refractivity contribution in [2.45, 2.75) is 26.7 Å². The Morgan fingerprint density at radius 2 is 1.79 bits per heavy atom. The van der Waals surface area contributed by atoms with Gasteiger partial charge in [-0.2, -0.15) is 10.1 Å². The van der Waals surface area contributed by atoms with Crippen LogP contribution in [0.1, 0.15) is 26.7 Å². The summed E-state index contributed by atoms with van der Waals surface area (Å²) in [6.07, 6.45) is 3.85. The van der Waals surface area contributed by atoms with Gasteiger partial charge in [0.1, 0.15) is 0 Å². The zero-order valence-corrected chi connectivity index (χ0v) is 12.6. The normalized spacial score (nSPS) is 10.8. The number of aromatic nitrogens is 3. The lowest BCUT2D eigenvalue weighted by Crippen LogP contribution is -2.28. The van der Waals surface area contributed by atoms with Crippen LogP contribution < -0.4 is 10.2 Å². The third kappa shape index (κ3) is 5.83. The zero-order chi connectivity index (χ0) is 14.1. The van der Waals surface area contributed by atoms with E-state index in [1.54, 1.807) is 6.20 Å². The second-order valence-corrected chi connectivity index (χ2v) is 4.86. The second-order valence-electron chi connectivity index (χ2n) is 4.86. The van der Waals surface area contributed by atoms with Gasteiger partial charge < -0.3 is 15.1 Å². The molecule has 0 saturated carbocycles. The topological polar surface area (TPSA) is 57.2 Å². The Morgan fingerprint density at radius 3 is 2.37 bits per heavy atom. The molecule has 0 aliphatic rings. The van der Waals surface area contributed by atoms with Crippen LogP contribution in [0.2, 0.25) is 0 Å². The van der Waals surface area contributed by atoms with Crippen molar-refractivity contribution in [1.29, 1.82) is 0 Å².